The molecular weight excluding hydrogens is 569 g/mol. The Hall–Kier alpha value is -4.44. The van der Waals surface area contributed by atoms with E-state index in [0.717, 1.165) is 23.6 Å². The Balaban J connectivity index is 1.45. The highest BCUT2D eigenvalue weighted by Crippen LogP contribution is 2.40. The summed E-state index contributed by atoms with van der Waals surface area (Å²) in [5.41, 5.74) is -0.379. The number of carbonyl (C=O) groups excluding carboxylic acids is 1. The number of amides is 1. The second-order valence-electron chi connectivity index (χ2n) is 10.7. The van der Waals surface area contributed by atoms with Crippen LogP contribution >= 0.6 is 0 Å². The Morgan fingerprint density at radius 1 is 1.12 bits per heavy atom. The van der Waals surface area contributed by atoms with Gasteiger partial charge in [-0.05, 0) is 50.5 Å². The summed E-state index contributed by atoms with van der Waals surface area (Å²) in [5, 5.41) is 16.4. The molecule has 1 saturated heterocycles. The van der Waals surface area contributed by atoms with Gasteiger partial charge in [-0.15, -0.1) is 0 Å². The topological polar surface area (TPSA) is 121 Å². The number of alkyl halides is 3. The monoisotopic (exact) mass is 594 g/mol. The molecule has 1 saturated carbocycles. The fourth-order valence-electron chi connectivity index (χ4n) is 5.49. The Kier molecular flexibility index (Phi) is 6.49. The molecule has 2 atom stereocenters. The van der Waals surface area contributed by atoms with E-state index in [-0.39, 0.29) is 13.0 Å². The number of para-hydroxylation sites is 1. The lowest BCUT2D eigenvalue weighted by Gasteiger charge is -2.27. The van der Waals surface area contributed by atoms with E-state index in [1.165, 1.54) is 6.07 Å². The van der Waals surface area contributed by atoms with Crippen LogP contribution in [0.5, 0.6) is 0 Å². The number of anilines is 1. The van der Waals surface area contributed by atoms with Gasteiger partial charge in [0, 0.05) is 24.2 Å². The highest BCUT2D eigenvalue weighted by atomic mass is 32.2. The van der Waals surface area contributed by atoms with Gasteiger partial charge in [0.1, 0.15) is 17.4 Å². The number of rotatable bonds is 6. The Labute approximate surface area is 239 Å². The summed E-state index contributed by atoms with van der Waals surface area (Å²) < 4.78 is 70.7. The van der Waals surface area contributed by atoms with Crippen molar-refractivity contribution >= 4 is 32.5 Å². The van der Waals surface area contributed by atoms with Crippen molar-refractivity contribution in [2.45, 2.75) is 54.1 Å². The molecule has 2 aromatic carbocycles. The third kappa shape index (κ3) is 4.75. The van der Waals surface area contributed by atoms with E-state index in [9.17, 15) is 31.6 Å². The molecule has 1 aliphatic heterocycles. The van der Waals surface area contributed by atoms with Gasteiger partial charge in [-0.1, -0.05) is 30.3 Å². The SMILES string of the molecule is Cc1cc(N2C[C@H](S(=O)(=O)c3ccccc3C(F)(F)F)C[C@H]2C(=O)NC2(C#N)CC2)n(-c2ccnc3ccccc23)n1. The second-order valence-corrected chi connectivity index (χ2v) is 12.8. The summed E-state index contributed by atoms with van der Waals surface area (Å²) in [6.45, 7) is 1.48. The average Bonchev–Trinajstić information content (AvgIpc) is 3.40. The molecule has 1 amide bonds. The van der Waals surface area contributed by atoms with Crippen LogP contribution in [0.2, 0.25) is 0 Å². The van der Waals surface area contributed by atoms with Crippen molar-refractivity contribution in [2.75, 3.05) is 11.4 Å². The van der Waals surface area contributed by atoms with Crippen LogP contribution in [0.1, 0.15) is 30.5 Å². The fourth-order valence-corrected chi connectivity index (χ4v) is 7.40. The van der Waals surface area contributed by atoms with Gasteiger partial charge in [0.15, 0.2) is 9.84 Å². The second kappa shape index (κ2) is 9.84. The number of hydrogen-bond donors (Lipinski definition) is 1. The molecule has 0 radical (unpaired) electrons. The number of fused-ring (bicyclic) bond motifs is 1. The number of aryl methyl sites for hydroxylation is 1. The molecular formula is C29H25F3N6O3S. The number of nitrogens with one attached hydrogen (secondary N) is 1. The molecule has 2 fully saturated rings. The van der Waals surface area contributed by atoms with E-state index in [4.69, 9.17) is 0 Å². The van der Waals surface area contributed by atoms with E-state index >= 15 is 0 Å². The van der Waals surface area contributed by atoms with Crippen LogP contribution in [-0.2, 0) is 20.8 Å². The smallest absolute Gasteiger partial charge is 0.343 e. The third-order valence-corrected chi connectivity index (χ3v) is 9.98. The number of benzene rings is 2. The molecule has 9 nitrogen and oxygen atoms in total. The largest absolute Gasteiger partial charge is 0.417 e. The lowest BCUT2D eigenvalue weighted by molar-refractivity contribution is -0.139. The molecule has 0 spiro atoms. The van der Waals surface area contributed by atoms with Gasteiger partial charge >= 0.3 is 6.18 Å². The minimum atomic E-state index is -4.89. The van der Waals surface area contributed by atoms with Crippen molar-refractivity contribution < 1.29 is 26.4 Å². The van der Waals surface area contributed by atoms with Gasteiger partial charge in [-0.2, -0.15) is 23.5 Å². The molecule has 2 aliphatic rings. The first kappa shape index (κ1) is 27.7. The number of pyridine rings is 1. The molecule has 13 heteroatoms. The van der Waals surface area contributed by atoms with E-state index in [1.807, 2.05) is 24.3 Å². The predicted molar refractivity (Wildman–Crippen MR) is 147 cm³/mol. The van der Waals surface area contributed by atoms with Crippen molar-refractivity contribution in [1.82, 2.24) is 20.1 Å². The van der Waals surface area contributed by atoms with Gasteiger partial charge < -0.3 is 10.2 Å². The summed E-state index contributed by atoms with van der Waals surface area (Å²) in [4.78, 5) is 18.8. The fraction of sp³-hybridized carbons (Fsp3) is 0.310. The first-order valence-corrected chi connectivity index (χ1v) is 14.8. The van der Waals surface area contributed by atoms with E-state index in [0.29, 0.717) is 35.6 Å². The van der Waals surface area contributed by atoms with Crippen molar-refractivity contribution in [2.24, 2.45) is 0 Å². The van der Waals surface area contributed by atoms with Crippen molar-refractivity contribution in [1.29, 1.82) is 5.26 Å². The first-order chi connectivity index (χ1) is 19.9. The summed E-state index contributed by atoms with van der Waals surface area (Å²) in [5.74, 6) is -0.173. The van der Waals surface area contributed by atoms with E-state index < -0.39 is 49.2 Å². The molecule has 1 aliphatic carbocycles. The van der Waals surface area contributed by atoms with Crippen LogP contribution in [0, 0.1) is 18.3 Å². The zero-order valence-corrected chi connectivity index (χ0v) is 23.2. The van der Waals surface area contributed by atoms with Crippen LogP contribution in [0.3, 0.4) is 0 Å². The van der Waals surface area contributed by atoms with Gasteiger partial charge in [0.2, 0.25) is 5.91 Å². The number of halogens is 3. The number of sulfone groups is 1. The number of nitrogens with zero attached hydrogens (tertiary/aromatic N) is 5. The molecule has 6 rings (SSSR count). The standard InChI is InChI=1S/C29H25F3N6O3S/c1-18-14-26(38(36-18)23-10-13-34-22-8-4-2-6-20(22)23)37-16-19(15-24(37)27(39)35-28(17-33)11-12-28)42(40,41)25-9-5-3-7-21(25)29(30,31)32/h2-10,13-14,19,24H,11-12,15-16H2,1H3,(H,35,39)/t19-,24+/m1/s1. The Morgan fingerprint density at radius 3 is 2.55 bits per heavy atom. The average molecular weight is 595 g/mol. The molecule has 0 unspecified atom stereocenters. The maximum atomic E-state index is 13.8. The number of aromatic nitrogens is 3. The molecule has 0 bridgehead atoms. The lowest BCUT2D eigenvalue weighted by Crippen LogP contribution is -2.48. The van der Waals surface area contributed by atoms with Gasteiger partial charge in [0.25, 0.3) is 0 Å². The third-order valence-electron chi connectivity index (χ3n) is 7.79. The van der Waals surface area contributed by atoms with Crippen LogP contribution in [0.15, 0.2) is 71.8 Å². The van der Waals surface area contributed by atoms with E-state index in [1.54, 1.807) is 34.8 Å². The first-order valence-electron chi connectivity index (χ1n) is 13.2. The highest BCUT2D eigenvalue weighted by Gasteiger charge is 2.51. The van der Waals surface area contributed by atoms with Crippen LogP contribution in [0.25, 0.3) is 16.6 Å². The highest BCUT2D eigenvalue weighted by molar-refractivity contribution is 7.92. The number of nitriles is 1. The normalized spacial score (nSPS) is 19.9. The molecule has 3 heterocycles. The summed E-state index contributed by atoms with van der Waals surface area (Å²) in [6, 6.07) is 15.9. The minimum Gasteiger partial charge on any atom is -0.343 e. The molecule has 1 N–H and O–H groups in total. The minimum absolute atomic E-state index is 0.264. The summed E-state index contributed by atoms with van der Waals surface area (Å²) in [6.07, 6.45) is -2.63. The van der Waals surface area contributed by atoms with Gasteiger partial charge in [-0.25, -0.2) is 13.1 Å². The number of carbonyl (C=O) groups is 1. The lowest BCUT2D eigenvalue weighted by atomic mass is 10.1. The summed E-state index contributed by atoms with van der Waals surface area (Å²) >= 11 is 0. The van der Waals surface area contributed by atoms with Crippen LogP contribution in [0.4, 0.5) is 19.0 Å². The molecule has 2 aromatic heterocycles. The maximum Gasteiger partial charge on any atom is 0.417 e. The molecule has 4 aromatic rings. The Morgan fingerprint density at radius 2 is 1.83 bits per heavy atom. The molecule has 42 heavy (non-hydrogen) atoms. The van der Waals surface area contributed by atoms with Gasteiger partial charge in [-0.3, -0.25) is 9.78 Å². The van der Waals surface area contributed by atoms with Crippen molar-refractivity contribution in [3.8, 4) is 11.8 Å². The van der Waals surface area contributed by atoms with Crippen molar-refractivity contribution in [3.63, 3.8) is 0 Å². The quantitative estimate of drug-likeness (QED) is 0.353. The van der Waals surface area contributed by atoms with Crippen LogP contribution in [-0.4, -0.2) is 52.5 Å². The zero-order chi connectivity index (χ0) is 29.9. The molecule has 216 valence electrons. The maximum absolute atomic E-state index is 13.8. The van der Waals surface area contributed by atoms with Crippen molar-refractivity contribution in [3.05, 3.63) is 78.1 Å². The van der Waals surface area contributed by atoms with Gasteiger partial charge in [0.05, 0.1) is 38.7 Å². The summed E-state index contributed by atoms with van der Waals surface area (Å²) in [7, 11) is -4.55. The Bertz CT molecular complexity index is 1850. The number of hydrogen-bond acceptors (Lipinski definition) is 7. The van der Waals surface area contributed by atoms with Crippen LogP contribution < -0.4 is 10.2 Å². The zero-order valence-electron chi connectivity index (χ0n) is 22.3. The predicted octanol–water partition coefficient (Wildman–Crippen LogP) is 4.34. The van der Waals surface area contributed by atoms with E-state index in [2.05, 4.69) is 21.5 Å².